The van der Waals surface area contributed by atoms with Crippen LogP contribution in [0.15, 0.2) is 0 Å². The fourth-order valence-electron chi connectivity index (χ4n) is 1.34. The fraction of sp³-hybridized carbons (Fsp3) is 0.818. The van der Waals surface area contributed by atoms with Crippen molar-refractivity contribution in [3.63, 3.8) is 0 Å². The molecule has 0 aromatic heterocycles. The zero-order valence-corrected chi connectivity index (χ0v) is 10.1. The molecule has 4 heteroatoms. The minimum atomic E-state index is -0.566. The number of hydrogen-bond acceptors (Lipinski definition) is 3. The molecule has 1 N–H and O–H groups in total. The van der Waals surface area contributed by atoms with Gasteiger partial charge in [-0.1, -0.05) is 13.8 Å². The summed E-state index contributed by atoms with van der Waals surface area (Å²) in [5.41, 5.74) is 0. The normalized spacial score (nSPS) is 14.4. The van der Waals surface area contributed by atoms with Crippen molar-refractivity contribution in [3.8, 4) is 6.07 Å². The highest BCUT2D eigenvalue weighted by atomic mass is 16.1. The average Bonchev–Trinajstić information content (AvgIpc) is 2.24. The van der Waals surface area contributed by atoms with Gasteiger partial charge in [0.25, 0.3) is 0 Å². The molecule has 0 saturated carbocycles. The van der Waals surface area contributed by atoms with Gasteiger partial charge in [-0.25, -0.2) is 0 Å². The predicted molar refractivity (Wildman–Crippen MR) is 60.2 cm³/mol. The molecule has 0 rings (SSSR count). The lowest BCUT2D eigenvalue weighted by molar-refractivity contribution is -0.123. The van der Waals surface area contributed by atoms with E-state index in [9.17, 15) is 4.79 Å². The van der Waals surface area contributed by atoms with Crippen molar-refractivity contribution in [1.82, 2.24) is 10.2 Å². The molecule has 15 heavy (non-hydrogen) atoms. The van der Waals surface area contributed by atoms with Crippen molar-refractivity contribution in [3.05, 3.63) is 0 Å². The van der Waals surface area contributed by atoms with Crippen LogP contribution in [-0.2, 0) is 4.79 Å². The second-order valence-corrected chi connectivity index (χ2v) is 3.75. The highest BCUT2D eigenvalue weighted by Gasteiger charge is 2.15. The Labute approximate surface area is 92.3 Å². The van der Waals surface area contributed by atoms with Crippen LogP contribution in [0.25, 0.3) is 0 Å². The van der Waals surface area contributed by atoms with Gasteiger partial charge in [-0.2, -0.15) is 5.26 Å². The Bertz CT molecular complexity index is 230. The van der Waals surface area contributed by atoms with E-state index in [1.807, 2.05) is 13.0 Å². The van der Waals surface area contributed by atoms with Gasteiger partial charge in [0.1, 0.15) is 5.92 Å². The number of carbonyl (C=O) groups excluding carboxylic acids is 1. The molecule has 0 aliphatic carbocycles. The van der Waals surface area contributed by atoms with Crippen LogP contribution in [0.2, 0.25) is 0 Å². The third-order valence-electron chi connectivity index (χ3n) is 2.40. The zero-order valence-electron chi connectivity index (χ0n) is 10.1. The summed E-state index contributed by atoms with van der Waals surface area (Å²) in [6.07, 6.45) is 0. The summed E-state index contributed by atoms with van der Waals surface area (Å²) in [5, 5.41) is 11.4. The van der Waals surface area contributed by atoms with E-state index in [0.717, 1.165) is 19.6 Å². The third-order valence-corrected chi connectivity index (χ3v) is 2.40. The molecule has 0 radical (unpaired) electrons. The van der Waals surface area contributed by atoms with Gasteiger partial charge in [-0.05, 0) is 26.9 Å². The minimum absolute atomic E-state index is 0.0909. The second-order valence-electron chi connectivity index (χ2n) is 3.75. The van der Waals surface area contributed by atoms with E-state index in [-0.39, 0.29) is 11.9 Å². The largest absolute Gasteiger partial charge is 0.351 e. The monoisotopic (exact) mass is 211 g/mol. The van der Waals surface area contributed by atoms with E-state index in [0.29, 0.717) is 0 Å². The maximum absolute atomic E-state index is 11.4. The molecule has 4 nitrogen and oxygen atoms in total. The fourth-order valence-corrected chi connectivity index (χ4v) is 1.34. The summed E-state index contributed by atoms with van der Waals surface area (Å²) in [6, 6.07) is 2.02. The SMILES string of the molecule is CCN(CC)CC(C)NC(=O)C(C)C#N. The first kappa shape index (κ1) is 13.9. The number of carbonyl (C=O) groups is 1. The first-order valence-corrected chi connectivity index (χ1v) is 5.47. The zero-order chi connectivity index (χ0) is 11.8. The number of rotatable bonds is 6. The van der Waals surface area contributed by atoms with E-state index in [4.69, 9.17) is 5.26 Å². The van der Waals surface area contributed by atoms with Crippen molar-refractivity contribution in [2.75, 3.05) is 19.6 Å². The van der Waals surface area contributed by atoms with Crippen LogP contribution in [-0.4, -0.2) is 36.5 Å². The molecule has 2 atom stereocenters. The lowest BCUT2D eigenvalue weighted by Gasteiger charge is -2.23. The van der Waals surface area contributed by atoms with Crippen LogP contribution in [0.4, 0.5) is 0 Å². The highest BCUT2D eigenvalue weighted by Crippen LogP contribution is 1.96. The van der Waals surface area contributed by atoms with Gasteiger partial charge in [0.05, 0.1) is 6.07 Å². The number of nitrogens with one attached hydrogen (secondary N) is 1. The van der Waals surface area contributed by atoms with E-state index in [2.05, 4.69) is 24.1 Å². The van der Waals surface area contributed by atoms with Gasteiger partial charge in [-0.3, -0.25) is 4.79 Å². The Balaban J connectivity index is 3.98. The van der Waals surface area contributed by atoms with Gasteiger partial charge in [0.2, 0.25) is 5.91 Å². The first-order chi connectivity index (χ1) is 7.04. The summed E-state index contributed by atoms with van der Waals surface area (Å²) < 4.78 is 0. The molecule has 0 aliphatic rings. The first-order valence-electron chi connectivity index (χ1n) is 5.47. The summed E-state index contributed by atoms with van der Waals surface area (Å²) in [4.78, 5) is 13.6. The number of amides is 1. The van der Waals surface area contributed by atoms with E-state index < -0.39 is 5.92 Å². The van der Waals surface area contributed by atoms with Gasteiger partial charge in [0, 0.05) is 12.6 Å². The van der Waals surface area contributed by atoms with Crippen molar-refractivity contribution in [1.29, 1.82) is 5.26 Å². The smallest absolute Gasteiger partial charge is 0.237 e. The van der Waals surface area contributed by atoms with Crippen molar-refractivity contribution >= 4 is 5.91 Å². The molecular weight excluding hydrogens is 190 g/mol. The molecule has 1 amide bonds. The highest BCUT2D eigenvalue weighted by molar-refractivity contribution is 5.80. The number of hydrogen-bond donors (Lipinski definition) is 1. The van der Waals surface area contributed by atoms with Crippen LogP contribution in [0.1, 0.15) is 27.7 Å². The molecule has 0 spiro atoms. The summed E-state index contributed by atoms with van der Waals surface area (Å²) >= 11 is 0. The third kappa shape index (κ3) is 5.38. The lowest BCUT2D eigenvalue weighted by Crippen LogP contribution is -2.43. The van der Waals surface area contributed by atoms with Crippen molar-refractivity contribution < 1.29 is 4.79 Å². The molecule has 0 aliphatic heterocycles. The molecule has 2 unspecified atom stereocenters. The number of nitriles is 1. The standard InChI is InChI=1S/C11H21N3O/c1-5-14(6-2)8-10(4)13-11(15)9(3)7-12/h9-10H,5-6,8H2,1-4H3,(H,13,15). The predicted octanol–water partition coefficient (Wildman–Crippen LogP) is 0.993. The maximum atomic E-state index is 11.4. The van der Waals surface area contributed by atoms with Crippen LogP contribution < -0.4 is 5.32 Å². The van der Waals surface area contributed by atoms with Crippen LogP contribution in [0, 0.1) is 17.2 Å². The van der Waals surface area contributed by atoms with Gasteiger partial charge in [-0.15, -0.1) is 0 Å². The summed E-state index contributed by atoms with van der Waals surface area (Å²) in [6.45, 7) is 10.5. The quantitative estimate of drug-likeness (QED) is 0.713. The Morgan fingerprint density at radius 1 is 1.40 bits per heavy atom. The molecular formula is C11H21N3O. The second kappa shape index (κ2) is 7.24. The lowest BCUT2D eigenvalue weighted by atomic mass is 10.2. The van der Waals surface area contributed by atoms with Gasteiger partial charge >= 0.3 is 0 Å². The van der Waals surface area contributed by atoms with Gasteiger partial charge in [0.15, 0.2) is 0 Å². The molecule has 0 aromatic carbocycles. The van der Waals surface area contributed by atoms with Crippen LogP contribution in [0.5, 0.6) is 0 Å². The molecule has 0 aromatic rings. The number of nitrogens with zero attached hydrogens (tertiary/aromatic N) is 2. The Morgan fingerprint density at radius 2 is 1.93 bits per heavy atom. The number of likely N-dealkylation sites (N-methyl/N-ethyl adjacent to an activating group) is 1. The average molecular weight is 211 g/mol. The summed E-state index contributed by atoms with van der Waals surface area (Å²) in [5.74, 6) is -0.749. The maximum Gasteiger partial charge on any atom is 0.237 e. The molecule has 0 fully saturated rings. The van der Waals surface area contributed by atoms with Crippen LogP contribution in [0.3, 0.4) is 0 Å². The van der Waals surface area contributed by atoms with Crippen molar-refractivity contribution in [2.45, 2.75) is 33.7 Å². The van der Waals surface area contributed by atoms with E-state index in [1.54, 1.807) is 6.92 Å². The topological polar surface area (TPSA) is 56.1 Å². The minimum Gasteiger partial charge on any atom is -0.351 e. The molecule has 86 valence electrons. The Hall–Kier alpha value is -1.08. The van der Waals surface area contributed by atoms with E-state index in [1.165, 1.54) is 0 Å². The Kier molecular flexibility index (Phi) is 6.72. The molecule has 0 heterocycles. The summed E-state index contributed by atoms with van der Waals surface area (Å²) in [7, 11) is 0. The Morgan fingerprint density at radius 3 is 2.33 bits per heavy atom. The van der Waals surface area contributed by atoms with E-state index >= 15 is 0 Å². The van der Waals surface area contributed by atoms with Crippen molar-refractivity contribution in [2.24, 2.45) is 5.92 Å². The van der Waals surface area contributed by atoms with Crippen LogP contribution >= 0.6 is 0 Å². The molecule has 0 bridgehead atoms. The molecule has 0 saturated heterocycles. The van der Waals surface area contributed by atoms with Gasteiger partial charge < -0.3 is 10.2 Å².